The zero-order valence-corrected chi connectivity index (χ0v) is 9.10. The van der Waals surface area contributed by atoms with Crippen LogP contribution in [0.25, 0.3) is 11.1 Å². The van der Waals surface area contributed by atoms with Gasteiger partial charge < -0.3 is 13.7 Å². The van der Waals surface area contributed by atoms with Crippen LogP contribution in [0.2, 0.25) is 0 Å². The van der Waals surface area contributed by atoms with Gasteiger partial charge in [-0.2, -0.15) is 0 Å². The lowest BCUT2D eigenvalue weighted by Gasteiger charge is -2.06. The van der Waals surface area contributed by atoms with E-state index in [1.165, 1.54) is 0 Å². The van der Waals surface area contributed by atoms with E-state index in [0.717, 1.165) is 5.52 Å². The predicted octanol–water partition coefficient (Wildman–Crippen LogP) is 2.60. The molecule has 0 aliphatic heterocycles. The maximum absolute atomic E-state index is 11.7. The molecule has 0 amide bonds. The number of hydrogen-bond donors (Lipinski definition) is 0. The van der Waals surface area contributed by atoms with E-state index >= 15 is 0 Å². The van der Waals surface area contributed by atoms with E-state index in [9.17, 15) is 4.79 Å². The number of rotatable bonds is 4. The zero-order chi connectivity index (χ0) is 11.5. The summed E-state index contributed by atoms with van der Waals surface area (Å²) in [5.41, 5.74) is 2.06. The summed E-state index contributed by atoms with van der Waals surface area (Å²) in [4.78, 5) is 11.7. The van der Waals surface area contributed by atoms with E-state index in [4.69, 9.17) is 9.15 Å². The summed E-state index contributed by atoms with van der Waals surface area (Å²) in [5.74, 6) is -0.337. The summed E-state index contributed by atoms with van der Waals surface area (Å²) < 4.78 is 12.1. The molecule has 0 radical (unpaired) electrons. The molecule has 4 nitrogen and oxygen atoms in total. The summed E-state index contributed by atoms with van der Waals surface area (Å²) >= 11 is 0. The molecular formula is C12H13NO3. The number of hydrogen-bond acceptors (Lipinski definition) is 3. The lowest BCUT2D eigenvalue weighted by atomic mass is 10.4. The largest absolute Gasteiger partial charge is 0.463 e. The van der Waals surface area contributed by atoms with Crippen LogP contribution in [0.3, 0.4) is 0 Å². The number of ether oxygens (including phenoxy) is 1. The Morgan fingerprint density at radius 3 is 3.19 bits per heavy atom. The molecule has 2 aromatic rings. The SMILES string of the molecule is C=CCn1c(C(=O)OCC)cc2occc21. The Morgan fingerprint density at radius 2 is 2.50 bits per heavy atom. The van der Waals surface area contributed by atoms with Crippen molar-refractivity contribution in [3.63, 3.8) is 0 Å². The Labute approximate surface area is 93.1 Å². The zero-order valence-electron chi connectivity index (χ0n) is 9.10. The van der Waals surface area contributed by atoms with Gasteiger partial charge in [0.15, 0.2) is 5.58 Å². The fourth-order valence-electron chi connectivity index (χ4n) is 1.68. The second kappa shape index (κ2) is 4.26. The Kier molecular flexibility index (Phi) is 2.81. The first kappa shape index (κ1) is 10.5. The van der Waals surface area contributed by atoms with Crippen molar-refractivity contribution >= 4 is 17.1 Å². The van der Waals surface area contributed by atoms with E-state index in [1.807, 2.05) is 10.6 Å². The van der Waals surface area contributed by atoms with Gasteiger partial charge in [-0.05, 0) is 6.92 Å². The highest BCUT2D eigenvalue weighted by Crippen LogP contribution is 2.21. The van der Waals surface area contributed by atoms with E-state index in [-0.39, 0.29) is 5.97 Å². The highest BCUT2D eigenvalue weighted by molar-refractivity contribution is 5.94. The molecule has 0 saturated heterocycles. The van der Waals surface area contributed by atoms with Gasteiger partial charge in [0.05, 0.1) is 18.4 Å². The van der Waals surface area contributed by atoms with E-state index in [1.54, 1.807) is 25.3 Å². The smallest absolute Gasteiger partial charge is 0.355 e. The molecule has 84 valence electrons. The molecule has 0 N–H and O–H groups in total. The van der Waals surface area contributed by atoms with Crippen molar-refractivity contribution in [1.29, 1.82) is 0 Å². The van der Waals surface area contributed by atoms with Gasteiger partial charge in [0.25, 0.3) is 0 Å². The second-order valence-corrected chi connectivity index (χ2v) is 3.32. The Bertz CT molecular complexity index is 521. The average Bonchev–Trinajstić information content (AvgIpc) is 2.81. The summed E-state index contributed by atoms with van der Waals surface area (Å²) in [6.45, 7) is 6.36. The molecule has 0 saturated carbocycles. The minimum absolute atomic E-state index is 0.337. The van der Waals surface area contributed by atoms with Crippen LogP contribution in [-0.4, -0.2) is 17.1 Å². The van der Waals surface area contributed by atoms with Gasteiger partial charge in [-0.3, -0.25) is 0 Å². The lowest BCUT2D eigenvalue weighted by molar-refractivity contribution is 0.0515. The molecule has 0 unspecified atom stereocenters. The first-order valence-corrected chi connectivity index (χ1v) is 5.12. The molecule has 2 aromatic heterocycles. The van der Waals surface area contributed by atoms with Crippen LogP contribution in [-0.2, 0) is 11.3 Å². The summed E-state index contributed by atoms with van der Waals surface area (Å²) in [5, 5.41) is 0. The summed E-state index contributed by atoms with van der Waals surface area (Å²) in [6.07, 6.45) is 3.33. The molecule has 2 rings (SSSR count). The molecule has 0 aliphatic carbocycles. The molecule has 0 aliphatic rings. The number of aromatic nitrogens is 1. The molecule has 4 heteroatoms. The van der Waals surface area contributed by atoms with Crippen LogP contribution in [0.1, 0.15) is 17.4 Å². The van der Waals surface area contributed by atoms with E-state index in [0.29, 0.717) is 24.4 Å². The van der Waals surface area contributed by atoms with Crippen molar-refractivity contribution in [3.8, 4) is 0 Å². The monoisotopic (exact) mass is 219 g/mol. The minimum atomic E-state index is -0.337. The van der Waals surface area contributed by atoms with Crippen LogP contribution in [0.4, 0.5) is 0 Å². The fourth-order valence-corrected chi connectivity index (χ4v) is 1.68. The number of carbonyl (C=O) groups excluding carboxylic acids is 1. The van der Waals surface area contributed by atoms with Crippen LogP contribution in [0.15, 0.2) is 35.5 Å². The highest BCUT2D eigenvalue weighted by atomic mass is 16.5. The third kappa shape index (κ3) is 1.62. The van der Waals surface area contributed by atoms with Gasteiger partial charge in [0.1, 0.15) is 5.69 Å². The average molecular weight is 219 g/mol. The first-order valence-electron chi connectivity index (χ1n) is 5.12. The van der Waals surface area contributed by atoms with E-state index < -0.39 is 0 Å². The molecule has 2 heterocycles. The summed E-state index contributed by atoms with van der Waals surface area (Å²) in [7, 11) is 0. The van der Waals surface area contributed by atoms with Gasteiger partial charge in [-0.1, -0.05) is 6.08 Å². The van der Waals surface area contributed by atoms with Crippen LogP contribution >= 0.6 is 0 Å². The highest BCUT2D eigenvalue weighted by Gasteiger charge is 2.17. The van der Waals surface area contributed by atoms with Crippen LogP contribution < -0.4 is 0 Å². The molecule has 0 atom stereocenters. The predicted molar refractivity (Wildman–Crippen MR) is 60.4 cm³/mol. The Hall–Kier alpha value is -1.97. The van der Waals surface area contributed by atoms with Gasteiger partial charge in [-0.25, -0.2) is 4.79 Å². The number of furan rings is 1. The van der Waals surface area contributed by atoms with Crippen molar-refractivity contribution in [1.82, 2.24) is 4.57 Å². The fraction of sp³-hybridized carbons (Fsp3) is 0.250. The van der Waals surface area contributed by atoms with E-state index in [2.05, 4.69) is 6.58 Å². The molecule has 0 fully saturated rings. The number of carbonyl (C=O) groups is 1. The quantitative estimate of drug-likeness (QED) is 0.586. The van der Waals surface area contributed by atoms with Crippen LogP contribution in [0.5, 0.6) is 0 Å². The maximum Gasteiger partial charge on any atom is 0.355 e. The number of nitrogens with zero attached hydrogens (tertiary/aromatic N) is 1. The first-order chi connectivity index (χ1) is 7.77. The third-order valence-corrected chi connectivity index (χ3v) is 2.32. The normalized spacial score (nSPS) is 10.6. The van der Waals surface area contributed by atoms with Crippen molar-refractivity contribution < 1.29 is 13.9 Å². The molecule has 0 aromatic carbocycles. The van der Waals surface area contributed by atoms with Crippen LogP contribution in [0, 0.1) is 0 Å². The third-order valence-electron chi connectivity index (χ3n) is 2.32. The molecule has 0 bridgehead atoms. The Morgan fingerprint density at radius 1 is 1.69 bits per heavy atom. The molecular weight excluding hydrogens is 206 g/mol. The number of allylic oxidation sites excluding steroid dienone is 1. The van der Waals surface area contributed by atoms with Gasteiger partial charge in [0.2, 0.25) is 0 Å². The topological polar surface area (TPSA) is 44.4 Å². The minimum Gasteiger partial charge on any atom is -0.463 e. The number of esters is 1. The van der Waals surface area contributed by atoms with Crippen molar-refractivity contribution in [2.45, 2.75) is 13.5 Å². The van der Waals surface area contributed by atoms with Gasteiger partial charge in [0, 0.05) is 18.7 Å². The van der Waals surface area contributed by atoms with Crippen molar-refractivity contribution in [2.75, 3.05) is 6.61 Å². The standard InChI is InChI=1S/C12H13NO3/c1-3-6-13-9-5-7-16-11(9)8-10(13)12(14)15-4-2/h3,5,7-8H,1,4,6H2,2H3. The van der Waals surface area contributed by atoms with Gasteiger partial charge in [-0.15, -0.1) is 6.58 Å². The molecule has 16 heavy (non-hydrogen) atoms. The van der Waals surface area contributed by atoms with Crippen molar-refractivity contribution in [3.05, 3.63) is 36.7 Å². The van der Waals surface area contributed by atoms with Gasteiger partial charge >= 0.3 is 5.97 Å². The second-order valence-electron chi connectivity index (χ2n) is 3.32. The lowest BCUT2D eigenvalue weighted by Crippen LogP contribution is -2.11. The number of fused-ring (bicyclic) bond motifs is 1. The van der Waals surface area contributed by atoms with Crippen molar-refractivity contribution in [2.24, 2.45) is 0 Å². The summed E-state index contributed by atoms with van der Waals surface area (Å²) in [6, 6.07) is 3.51. The Balaban J connectivity index is 2.49. The molecule has 0 spiro atoms. The maximum atomic E-state index is 11.7.